The Morgan fingerprint density at radius 3 is 1.88 bits per heavy atom. The molecule has 0 aliphatic heterocycles. The zero-order valence-corrected chi connectivity index (χ0v) is 26.1. The molecule has 0 atom stereocenters. The molecule has 0 saturated heterocycles. The number of anilines is 1. The number of ether oxygens (including phenoxy) is 3. The van der Waals surface area contributed by atoms with Gasteiger partial charge in [-0.3, -0.25) is 19.2 Å². The van der Waals surface area contributed by atoms with Crippen molar-refractivity contribution in [3.8, 4) is 17.2 Å². The van der Waals surface area contributed by atoms with Crippen LogP contribution in [0.5, 0.6) is 17.2 Å². The molecule has 0 saturated carbocycles. The quantitative estimate of drug-likeness (QED) is 0.0843. The summed E-state index contributed by atoms with van der Waals surface area (Å²) in [6.45, 7) is -0.334. The largest absolute Gasteiger partial charge is 0.497 e. The predicted molar refractivity (Wildman–Crippen MR) is 174 cm³/mol. The standard InChI is InChI=1S/C36H34N2O10/c1-46-29-14-4-24(5-15-29)21-32(39)37-28-12-8-26(9-13-28)35(44)38(23-34(42)43)22-25-6-16-31(17-7-25)48-36(45)27-10-18-30(19-11-27)47-20-2-3-33(40)41/h4-19H,2-3,20-23H2,1H3,(H,37,39)(H,40,41)(H,42,43). The zero-order chi connectivity index (χ0) is 34.5. The Kier molecular flexibility index (Phi) is 12.2. The second-order valence-electron chi connectivity index (χ2n) is 10.6. The van der Waals surface area contributed by atoms with Crippen LogP contribution < -0.4 is 19.5 Å². The summed E-state index contributed by atoms with van der Waals surface area (Å²) in [6, 6.07) is 25.9. The van der Waals surface area contributed by atoms with Gasteiger partial charge in [-0.25, -0.2) is 4.79 Å². The van der Waals surface area contributed by atoms with E-state index in [1.165, 1.54) is 29.2 Å². The van der Waals surface area contributed by atoms with Gasteiger partial charge in [0.1, 0.15) is 23.8 Å². The highest BCUT2D eigenvalue weighted by atomic mass is 16.5. The Balaban J connectivity index is 1.31. The summed E-state index contributed by atoms with van der Waals surface area (Å²) < 4.78 is 16.0. The van der Waals surface area contributed by atoms with Gasteiger partial charge in [-0.05, 0) is 90.3 Å². The highest BCUT2D eigenvalue weighted by Gasteiger charge is 2.20. The van der Waals surface area contributed by atoms with Crippen LogP contribution in [0, 0.1) is 0 Å². The number of carboxylic acids is 2. The lowest BCUT2D eigenvalue weighted by molar-refractivity contribution is -0.138. The zero-order valence-electron chi connectivity index (χ0n) is 26.1. The first-order chi connectivity index (χ1) is 23.1. The van der Waals surface area contributed by atoms with E-state index in [0.717, 1.165) is 5.56 Å². The Morgan fingerprint density at radius 2 is 1.27 bits per heavy atom. The average Bonchev–Trinajstić information content (AvgIpc) is 3.07. The van der Waals surface area contributed by atoms with E-state index < -0.39 is 30.4 Å². The van der Waals surface area contributed by atoms with Gasteiger partial charge in [0.2, 0.25) is 5.91 Å². The van der Waals surface area contributed by atoms with Gasteiger partial charge in [-0.1, -0.05) is 24.3 Å². The minimum atomic E-state index is -1.19. The van der Waals surface area contributed by atoms with Crippen LogP contribution in [-0.4, -0.2) is 65.1 Å². The Morgan fingerprint density at radius 1 is 0.688 bits per heavy atom. The van der Waals surface area contributed by atoms with Crippen LogP contribution in [-0.2, 0) is 27.3 Å². The second-order valence-corrected chi connectivity index (χ2v) is 10.6. The van der Waals surface area contributed by atoms with Crippen LogP contribution in [0.4, 0.5) is 5.69 Å². The molecule has 48 heavy (non-hydrogen) atoms. The number of esters is 1. The average molecular weight is 655 g/mol. The van der Waals surface area contributed by atoms with E-state index in [4.69, 9.17) is 19.3 Å². The number of benzene rings is 4. The lowest BCUT2D eigenvalue weighted by atomic mass is 10.1. The summed E-state index contributed by atoms with van der Waals surface area (Å²) >= 11 is 0. The molecule has 0 aromatic heterocycles. The molecule has 0 spiro atoms. The van der Waals surface area contributed by atoms with Gasteiger partial charge in [0.15, 0.2) is 0 Å². The first kappa shape index (κ1) is 34.7. The lowest BCUT2D eigenvalue weighted by Crippen LogP contribution is -2.35. The molecule has 2 amide bonds. The highest BCUT2D eigenvalue weighted by molar-refractivity contribution is 5.97. The van der Waals surface area contributed by atoms with Crippen molar-refractivity contribution in [2.75, 3.05) is 25.6 Å². The SMILES string of the molecule is COc1ccc(CC(=O)Nc2ccc(C(=O)N(CC(=O)O)Cc3ccc(OC(=O)c4ccc(OCCCC(=O)O)cc4)cc3)cc2)cc1. The van der Waals surface area contributed by atoms with E-state index in [-0.39, 0.29) is 48.8 Å². The Labute approximate surface area is 276 Å². The summed E-state index contributed by atoms with van der Waals surface area (Å²) in [4.78, 5) is 61.7. The number of aliphatic carboxylic acids is 2. The van der Waals surface area contributed by atoms with E-state index in [0.29, 0.717) is 29.2 Å². The molecule has 4 aromatic carbocycles. The molecule has 4 rings (SSSR count). The summed E-state index contributed by atoms with van der Waals surface area (Å²) in [6.07, 6.45) is 0.509. The maximum absolute atomic E-state index is 13.3. The van der Waals surface area contributed by atoms with Crippen LogP contribution in [0.15, 0.2) is 97.1 Å². The summed E-state index contributed by atoms with van der Waals surface area (Å²) in [5.74, 6) is -2.02. The van der Waals surface area contributed by atoms with Crippen molar-refractivity contribution in [1.82, 2.24) is 4.90 Å². The first-order valence-corrected chi connectivity index (χ1v) is 14.9. The third-order valence-electron chi connectivity index (χ3n) is 6.95. The fourth-order valence-corrected chi connectivity index (χ4v) is 4.53. The molecular formula is C36H34N2O10. The maximum Gasteiger partial charge on any atom is 0.343 e. The number of hydrogen-bond acceptors (Lipinski definition) is 8. The normalized spacial score (nSPS) is 10.4. The molecular weight excluding hydrogens is 620 g/mol. The number of carboxylic acid groups (broad SMARTS) is 2. The maximum atomic E-state index is 13.3. The minimum Gasteiger partial charge on any atom is -0.497 e. The number of carbonyl (C=O) groups is 5. The van der Waals surface area contributed by atoms with Gasteiger partial charge in [-0.2, -0.15) is 0 Å². The van der Waals surface area contributed by atoms with Gasteiger partial charge in [0, 0.05) is 24.2 Å². The number of carbonyl (C=O) groups excluding carboxylic acids is 3. The Hall–Kier alpha value is -6.17. The molecule has 0 unspecified atom stereocenters. The number of hydrogen-bond donors (Lipinski definition) is 3. The van der Waals surface area contributed by atoms with E-state index in [2.05, 4.69) is 5.32 Å². The van der Waals surface area contributed by atoms with Crippen LogP contribution in [0.2, 0.25) is 0 Å². The van der Waals surface area contributed by atoms with Crippen LogP contribution in [0.25, 0.3) is 0 Å². The van der Waals surface area contributed by atoms with Gasteiger partial charge in [-0.15, -0.1) is 0 Å². The second kappa shape index (κ2) is 16.9. The van der Waals surface area contributed by atoms with E-state index >= 15 is 0 Å². The van der Waals surface area contributed by atoms with E-state index in [1.807, 2.05) is 0 Å². The molecule has 248 valence electrons. The Bertz CT molecular complexity index is 1720. The molecule has 0 bridgehead atoms. The van der Waals surface area contributed by atoms with Gasteiger partial charge >= 0.3 is 17.9 Å². The van der Waals surface area contributed by atoms with Crippen molar-refractivity contribution in [2.45, 2.75) is 25.8 Å². The molecule has 12 heteroatoms. The summed E-state index contributed by atoms with van der Waals surface area (Å²) in [5, 5.41) is 20.9. The molecule has 4 aromatic rings. The molecule has 0 heterocycles. The predicted octanol–water partition coefficient (Wildman–Crippen LogP) is 5.07. The number of nitrogens with one attached hydrogen (secondary N) is 1. The number of nitrogens with zero attached hydrogens (tertiary/aromatic N) is 1. The van der Waals surface area contributed by atoms with Crippen molar-refractivity contribution >= 4 is 35.4 Å². The topological polar surface area (TPSA) is 169 Å². The molecule has 12 nitrogen and oxygen atoms in total. The first-order valence-electron chi connectivity index (χ1n) is 14.9. The molecule has 0 radical (unpaired) electrons. The third-order valence-corrected chi connectivity index (χ3v) is 6.95. The van der Waals surface area contributed by atoms with Crippen molar-refractivity contribution in [2.24, 2.45) is 0 Å². The van der Waals surface area contributed by atoms with Gasteiger partial charge < -0.3 is 34.6 Å². The highest BCUT2D eigenvalue weighted by Crippen LogP contribution is 2.20. The number of amides is 2. The smallest absolute Gasteiger partial charge is 0.343 e. The fraction of sp³-hybridized carbons (Fsp3) is 0.194. The number of rotatable bonds is 16. The van der Waals surface area contributed by atoms with Crippen molar-refractivity contribution in [3.63, 3.8) is 0 Å². The van der Waals surface area contributed by atoms with Crippen molar-refractivity contribution in [1.29, 1.82) is 0 Å². The van der Waals surface area contributed by atoms with Crippen LogP contribution >= 0.6 is 0 Å². The summed E-state index contributed by atoms with van der Waals surface area (Å²) in [7, 11) is 1.56. The molecule has 3 N–H and O–H groups in total. The van der Waals surface area contributed by atoms with E-state index in [1.54, 1.807) is 79.9 Å². The van der Waals surface area contributed by atoms with Crippen LogP contribution in [0.3, 0.4) is 0 Å². The monoisotopic (exact) mass is 654 g/mol. The van der Waals surface area contributed by atoms with Crippen molar-refractivity contribution in [3.05, 3.63) is 119 Å². The lowest BCUT2D eigenvalue weighted by Gasteiger charge is -2.21. The molecule has 0 fully saturated rings. The minimum absolute atomic E-state index is 0.000542. The van der Waals surface area contributed by atoms with Crippen molar-refractivity contribution < 1.29 is 48.4 Å². The van der Waals surface area contributed by atoms with E-state index in [9.17, 15) is 29.1 Å². The summed E-state index contributed by atoms with van der Waals surface area (Å²) in [5.41, 5.74) is 2.42. The third kappa shape index (κ3) is 10.7. The van der Waals surface area contributed by atoms with Gasteiger partial charge in [0.05, 0.1) is 25.7 Å². The molecule has 0 aliphatic carbocycles. The van der Waals surface area contributed by atoms with Gasteiger partial charge in [0.25, 0.3) is 5.91 Å². The van der Waals surface area contributed by atoms with Crippen LogP contribution in [0.1, 0.15) is 44.7 Å². The number of methoxy groups -OCH3 is 1. The fourth-order valence-electron chi connectivity index (χ4n) is 4.53. The molecule has 0 aliphatic rings.